The molecule has 5 heteroatoms. The van der Waals surface area contributed by atoms with Crippen molar-refractivity contribution in [2.45, 2.75) is 44.1 Å². The number of urea groups is 1. The Morgan fingerprint density at radius 1 is 1.44 bits per heavy atom. The van der Waals surface area contributed by atoms with Crippen molar-refractivity contribution in [3.05, 3.63) is 53.3 Å². The zero-order valence-electron chi connectivity index (χ0n) is 15.0. The van der Waals surface area contributed by atoms with Crippen LogP contribution in [0.3, 0.4) is 0 Å². The molecule has 0 bridgehead atoms. The van der Waals surface area contributed by atoms with E-state index in [0.717, 1.165) is 12.1 Å². The first kappa shape index (κ1) is 16.2. The van der Waals surface area contributed by atoms with Crippen LogP contribution in [0.4, 0.5) is 4.79 Å². The van der Waals surface area contributed by atoms with E-state index in [1.165, 1.54) is 36.8 Å². The Bertz CT molecular complexity index is 784. The van der Waals surface area contributed by atoms with Crippen molar-refractivity contribution in [2.24, 2.45) is 13.0 Å². The number of carbonyl (C=O) groups excluding carboxylic acids is 1. The molecule has 132 valence electrons. The second kappa shape index (κ2) is 6.21. The molecule has 2 N–H and O–H groups in total. The minimum Gasteiger partial charge on any atom is -0.338 e. The van der Waals surface area contributed by atoms with Crippen LogP contribution < -0.4 is 10.6 Å². The summed E-state index contributed by atoms with van der Waals surface area (Å²) in [5.74, 6) is 0.563. The molecule has 3 unspecified atom stereocenters. The first-order chi connectivity index (χ1) is 12.1. The van der Waals surface area contributed by atoms with Gasteiger partial charge in [-0.25, -0.2) is 4.79 Å². The number of carbonyl (C=O) groups is 1. The van der Waals surface area contributed by atoms with E-state index < -0.39 is 0 Å². The maximum absolute atomic E-state index is 12.2. The van der Waals surface area contributed by atoms with Gasteiger partial charge in [0.1, 0.15) is 0 Å². The number of aromatic nitrogens is 2. The molecule has 1 saturated carbocycles. The van der Waals surface area contributed by atoms with Gasteiger partial charge in [-0.05, 0) is 49.7 Å². The van der Waals surface area contributed by atoms with E-state index >= 15 is 0 Å². The van der Waals surface area contributed by atoms with Crippen LogP contribution in [0.25, 0.3) is 0 Å². The van der Waals surface area contributed by atoms with Crippen molar-refractivity contribution >= 4 is 6.03 Å². The van der Waals surface area contributed by atoms with Crippen LogP contribution in [-0.2, 0) is 18.9 Å². The highest BCUT2D eigenvalue weighted by atomic mass is 16.2. The van der Waals surface area contributed by atoms with Crippen LogP contribution in [0, 0.1) is 5.92 Å². The van der Waals surface area contributed by atoms with Crippen LogP contribution >= 0.6 is 0 Å². The molecule has 0 aliphatic heterocycles. The van der Waals surface area contributed by atoms with E-state index in [-0.39, 0.29) is 12.1 Å². The third kappa shape index (κ3) is 3.03. The lowest BCUT2D eigenvalue weighted by atomic mass is 9.78. The quantitative estimate of drug-likeness (QED) is 0.900. The number of nitrogens with one attached hydrogen (secondary N) is 2. The number of hydrogen-bond donors (Lipinski definition) is 2. The molecule has 2 aliphatic carbocycles. The average molecular weight is 338 g/mol. The van der Waals surface area contributed by atoms with Gasteiger partial charge in [-0.3, -0.25) is 4.68 Å². The third-order valence-electron chi connectivity index (χ3n) is 5.94. The molecule has 1 fully saturated rings. The lowest BCUT2D eigenvalue weighted by Gasteiger charge is -2.26. The van der Waals surface area contributed by atoms with E-state index in [1.807, 2.05) is 20.2 Å². The first-order valence-electron chi connectivity index (χ1n) is 9.20. The summed E-state index contributed by atoms with van der Waals surface area (Å²) in [4.78, 5) is 12.2. The largest absolute Gasteiger partial charge is 0.338 e. The van der Waals surface area contributed by atoms with Gasteiger partial charge in [0.2, 0.25) is 0 Å². The summed E-state index contributed by atoms with van der Waals surface area (Å²) >= 11 is 0. The second-order valence-corrected chi connectivity index (χ2v) is 7.59. The van der Waals surface area contributed by atoms with Crippen molar-refractivity contribution in [3.8, 4) is 0 Å². The molecule has 0 saturated heterocycles. The zero-order valence-corrected chi connectivity index (χ0v) is 15.0. The summed E-state index contributed by atoms with van der Waals surface area (Å²) < 4.78 is 1.75. The Morgan fingerprint density at radius 2 is 2.28 bits per heavy atom. The molecule has 2 aliphatic rings. The predicted molar refractivity (Wildman–Crippen MR) is 97.3 cm³/mol. The van der Waals surface area contributed by atoms with E-state index in [2.05, 4.69) is 40.0 Å². The van der Waals surface area contributed by atoms with Gasteiger partial charge in [0.25, 0.3) is 0 Å². The summed E-state index contributed by atoms with van der Waals surface area (Å²) in [6, 6.07) is 8.71. The van der Waals surface area contributed by atoms with Crippen molar-refractivity contribution in [1.29, 1.82) is 0 Å². The van der Waals surface area contributed by atoms with Crippen molar-refractivity contribution in [3.63, 3.8) is 0 Å². The predicted octanol–water partition coefficient (Wildman–Crippen LogP) is 3.07. The number of rotatable bonds is 4. The normalized spacial score (nSPS) is 25.3. The molecule has 25 heavy (non-hydrogen) atoms. The Balaban J connectivity index is 1.32. The maximum atomic E-state index is 12.2. The summed E-state index contributed by atoms with van der Waals surface area (Å²) in [7, 11) is 1.88. The monoisotopic (exact) mass is 338 g/mol. The molecule has 4 rings (SSSR count). The van der Waals surface area contributed by atoms with Crippen LogP contribution in [0.2, 0.25) is 0 Å². The first-order valence-corrected chi connectivity index (χ1v) is 9.20. The van der Waals surface area contributed by atoms with Crippen molar-refractivity contribution in [1.82, 2.24) is 20.4 Å². The molecule has 5 nitrogen and oxygen atoms in total. The van der Waals surface area contributed by atoms with Gasteiger partial charge in [0.05, 0.1) is 12.2 Å². The van der Waals surface area contributed by atoms with E-state index in [4.69, 9.17) is 0 Å². The van der Waals surface area contributed by atoms with Gasteiger partial charge >= 0.3 is 6.03 Å². The fourth-order valence-electron chi connectivity index (χ4n) is 4.45. The molecule has 1 aromatic heterocycles. The van der Waals surface area contributed by atoms with Crippen LogP contribution in [0.15, 0.2) is 36.7 Å². The van der Waals surface area contributed by atoms with Crippen LogP contribution in [0.5, 0.6) is 0 Å². The summed E-state index contributed by atoms with van der Waals surface area (Å²) in [5.41, 5.74) is 4.36. The minimum absolute atomic E-state index is 0.0442. The summed E-state index contributed by atoms with van der Waals surface area (Å²) in [6.45, 7) is 2.73. The van der Waals surface area contributed by atoms with E-state index in [1.54, 1.807) is 10.9 Å². The molecular weight excluding hydrogens is 312 g/mol. The molecule has 2 aromatic rings. The number of nitrogens with zero attached hydrogens (tertiary/aromatic N) is 2. The maximum Gasteiger partial charge on any atom is 0.315 e. The second-order valence-electron chi connectivity index (χ2n) is 7.59. The molecule has 2 amide bonds. The highest BCUT2D eigenvalue weighted by Crippen LogP contribution is 2.59. The van der Waals surface area contributed by atoms with Gasteiger partial charge in [-0.15, -0.1) is 0 Å². The van der Waals surface area contributed by atoms with Crippen molar-refractivity contribution in [2.75, 3.05) is 6.54 Å². The number of benzene rings is 1. The van der Waals surface area contributed by atoms with Gasteiger partial charge in [-0.1, -0.05) is 24.3 Å². The standard InChI is InChI=1S/C20H26N4O/c1-14(16-11-22-24(2)13-16)23-19(25)21-12-17-10-20(17)9-5-7-15-6-3-4-8-18(15)20/h3-4,6,8,11,13-14,17H,5,7,9-10,12H2,1-2H3,(H2,21,23,25). The highest BCUT2D eigenvalue weighted by Gasteiger charge is 2.56. The number of fused-ring (bicyclic) bond motifs is 2. The smallest absolute Gasteiger partial charge is 0.315 e. The molecule has 1 spiro atoms. The average Bonchev–Trinajstić information content (AvgIpc) is 3.10. The topological polar surface area (TPSA) is 59.0 Å². The Hall–Kier alpha value is -2.30. The van der Waals surface area contributed by atoms with Gasteiger partial charge in [0.15, 0.2) is 0 Å². The number of amides is 2. The van der Waals surface area contributed by atoms with E-state index in [0.29, 0.717) is 11.3 Å². The minimum atomic E-state index is -0.0949. The number of hydrogen-bond acceptors (Lipinski definition) is 2. The zero-order chi connectivity index (χ0) is 17.4. The summed E-state index contributed by atoms with van der Waals surface area (Å²) in [5, 5.41) is 10.2. The van der Waals surface area contributed by atoms with Crippen LogP contribution in [-0.4, -0.2) is 22.4 Å². The summed E-state index contributed by atoms with van der Waals surface area (Å²) in [6.07, 6.45) is 8.63. The van der Waals surface area contributed by atoms with Gasteiger partial charge in [0, 0.05) is 30.8 Å². The molecule has 0 radical (unpaired) electrons. The molecule has 3 atom stereocenters. The fraction of sp³-hybridized carbons (Fsp3) is 0.500. The van der Waals surface area contributed by atoms with Crippen molar-refractivity contribution < 1.29 is 4.79 Å². The lowest BCUT2D eigenvalue weighted by molar-refractivity contribution is 0.237. The third-order valence-corrected chi connectivity index (χ3v) is 5.94. The fourth-order valence-corrected chi connectivity index (χ4v) is 4.45. The van der Waals surface area contributed by atoms with Gasteiger partial charge in [-0.2, -0.15) is 5.10 Å². The van der Waals surface area contributed by atoms with E-state index in [9.17, 15) is 4.79 Å². The number of aryl methyl sites for hydroxylation is 2. The van der Waals surface area contributed by atoms with Gasteiger partial charge < -0.3 is 10.6 Å². The Labute approximate surface area is 148 Å². The SMILES string of the molecule is CC(NC(=O)NCC1CC12CCCc1ccccc12)c1cnn(C)c1. The molecule has 1 heterocycles. The Kier molecular flexibility index (Phi) is 4.02. The Morgan fingerprint density at radius 3 is 3.08 bits per heavy atom. The van der Waals surface area contributed by atoms with Crippen LogP contribution in [0.1, 0.15) is 48.9 Å². The lowest BCUT2D eigenvalue weighted by Crippen LogP contribution is -2.38. The molecular formula is C20H26N4O. The molecule has 1 aromatic carbocycles. The highest BCUT2D eigenvalue weighted by molar-refractivity contribution is 5.74.